The molecule has 6 nitrogen and oxygen atoms in total. The second-order valence-corrected chi connectivity index (χ2v) is 8.67. The smallest absolute Gasteiger partial charge is 0.295 e. The highest BCUT2D eigenvalue weighted by Crippen LogP contribution is 2.43. The first-order valence-electron chi connectivity index (χ1n) is 11.0. The number of hydrogen-bond donors (Lipinski definition) is 0. The Hall–Kier alpha value is -4.03. The van der Waals surface area contributed by atoms with E-state index in [2.05, 4.69) is 6.58 Å². The molecule has 3 aromatic carbocycles. The van der Waals surface area contributed by atoms with Crippen LogP contribution in [0.4, 0.5) is 5.69 Å². The molecule has 1 unspecified atom stereocenters. The normalized spacial score (nSPS) is 14.8. The largest absolute Gasteiger partial charge is 0.493 e. The fourth-order valence-electron chi connectivity index (χ4n) is 4.35. The van der Waals surface area contributed by atoms with Crippen LogP contribution in [0.1, 0.15) is 33.3 Å². The highest BCUT2D eigenvalue weighted by Gasteiger charge is 2.44. The van der Waals surface area contributed by atoms with Crippen molar-refractivity contribution in [2.45, 2.75) is 13.0 Å². The van der Waals surface area contributed by atoms with Crippen LogP contribution < -0.4 is 19.8 Å². The van der Waals surface area contributed by atoms with E-state index in [-0.39, 0.29) is 16.8 Å². The summed E-state index contributed by atoms with van der Waals surface area (Å²) in [5.41, 5.74) is 2.63. The maximum atomic E-state index is 13.7. The minimum absolute atomic E-state index is 0.0151. The quantitative estimate of drug-likeness (QED) is 0.308. The number of amides is 1. The van der Waals surface area contributed by atoms with Gasteiger partial charge in [-0.15, -0.1) is 0 Å². The Morgan fingerprint density at radius 3 is 2.54 bits per heavy atom. The van der Waals surface area contributed by atoms with E-state index in [1.807, 2.05) is 37.3 Å². The van der Waals surface area contributed by atoms with Crippen molar-refractivity contribution < 1.29 is 18.7 Å². The van der Waals surface area contributed by atoms with E-state index in [1.165, 1.54) is 7.11 Å². The van der Waals surface area contributed by atoms with E-state index < -0.39 is 11.9 Å². The Labute approximate surface area is 207 Å². The number of rotatable bonds is 6. The van der Waals surface area contributed by atoms with Crippen LogP contribution in [0.25, 0.3) is 11.0 Å². The number of hydrogen-bond acceptors (Lipinski definition) is 5. The number of fused-ring (bicyclic) bond motifs is 2. The Morgan fingerprint density at radius 1 is 1.06 bits per heavy atom. The molecule has 2 heterocycles. The predicted molar refractivity (Wildman–Crippen MR) is 136 cm³/mol. The summed E-state index contributed by atoms with van der Waals surface area (Å²) in [6.45, 7) is 5.95. The summed E-state index contributed by atoms with van der Waals surface area (Å²) in [5.74, 6) is 0.623. The lowest BCUT2D eigenvalue weighted by molar-refractivity contribution is 0.0971. The Kier molecular flexibility index (Phi) is 5.83. The van der Waals surface area contributed by atoms with Gasteiger partial charge in [-0.1, -0.05) is 48.0 Å². The molecule has 0 aliphatic carbocycles. The van der Waals surface area contributed by atoms with Crippen molar-refractivity contribution >= 4 is 34.2 Å². The van der Waals surface area contributed by atoms with Crippen molar-refractivity contribution in [3.63, 3.8) is 0 Å². The number of methoxy groups -OCH3 is 1. The van der Waals surface area contributed by atoms with Crippen LogP contribution in [-0.2, 0) is 0 Å². The Morgan fingerprint density at radius 2 is 1.83 bits per heavy atom. The predicted octanol–water partition coefficient (Wildman–Crippen LogP) is 6.08. The summed E-state index contributed by atoms with van der Waals surface area (Å²) in [6, 6.07) is 16.9. The number of halogens is 1. The van der Waals surface area contributed by atoms with Gasteiger partial charge in [0.2, 0.25) is 5.76 Å². The molecular weight excluding hydrogens is 466 g/mol. The van der Waals surface area contributed by atoms with E-state index in [1.54, 1.807) is 41.3 Å². The van der Waals surface area contributed by atoms with Crippen LogP contribution >= 0.6 is 11.6 Å². The van der Waals surface area contributed by atoms with E-state index >= 15 is 0 Å². The standard InChI is InChI=1S/C28H22ClNO5/c1-4-13-34-22-11-7-17(14-23(22)33-3)25-24-26(31)20-15-18(29)8-12-21(20)35-27(24)28(32)30(25)19-9-5-16(2)6-10-19/h4-12,14-15,25H,1,13H2,2-3H3. The average Bonchev–Trinajstić information content (AvgIpc) is 3.16. The fraction of sp³-hybridized carbons (Fsp3) is 0.143. The zero-order chi connectivity index (χ0) is 24.7. The molecule has 1 aliphatic heterocycles. The van der Waals surface area contributed by atoms with Crippen LogP contribution in [0.3, 0.4) is 0 Å². The highest BCUT2D eigenvalue weighted by atomic mass is 35.5. The lowest BCUT2D eigenvalue weighted by Crippen LogP contribution is -2.29. The zero-order valence-corrected chi connectivity index (χ0v) is 20.0. The molecule has 0 spiro atoms. The minimum atomic E-state index is -0.734. The molecule has 0 bridgehead atoms. The van der Waals surface area contributed by atoms with Gasteiger partial charge in [0.05, 0.1) is 24.1 Å². The van der Waals surface area contributed by atoms with E-state index in [9.17, 15) is 9.59 Å². The monoisotopic (exact) mass is 487 g/mol. The maximum absolute atomic E-state index is 13.7. The van der Waals surface area contributed by atoms with Crippen LogP contribution in [0, 0.1) is 6.92 Å². The Bertz CT molecular complexity index is 1520. The molecule has 0 saturated carbocycles. The molecule has 0 N–H and O–H groups in total. The number of nitrogens with zero attached hydrogens (tertiary/aromatic N) is 1. The molecule has 4 aromatic rings. The third kappa shape index (κ3) is 3.86. The van der Waals surface area contributed by atoms with Gasteiger partial charge in [0.25, 0.3) is 5.91 Å². The second-order valence-electron chi connectivity index (χ2n) is 8.24. The van der Waals surface area contributed by atoms with E-state index in [4.69, 9.17) is 25.5 Å². The number of anilines is 1. The number of carbonyl (C=O) groups excluding carboxylic acids is 1. The van der Waals surface area contributed by atoms with Gasteiger partial charge in [0, 0.05) is 10.7 Å². The summed E-state index contributed by atoms with van der Waals surface area (Å²) in [4.78, 5) is 29.0. The molecule has 0 saturated heterocycles. The van der Waals surface area contributed by atoms with Gasteiger partial charge in [-0.3, -0.25) is 14.5 Å². The van der Waals surface area contributed by atoms with Crippen molar-refractivity contribution in [1.82, 2.24) is 0 Å². The number of benzene rings is 3. The lowest BCUT2D eigenvalue weighted by atomic mass is 9.97. The SMILES string of the molecule is C=CCOc1ccc(C2c3c(oc4ccc(Cl)cc4c3=O)C(=O)N2c2ccc(C)cc2)cc1OC. The summed E-state index contributed by atoms with van der Waals surface area (Å²) in [6.07, 6.45) is 1.64. The molecule has 1 amide bonds. The molecule has 1 aromatic heterocycles. The molecule has 0 radical (unpaired) electrons. The van der Waals surface area contributed by atoms with Crippen LogP contribution in [0.5, 0.6) is 11.5 Å². The van der Waals surface area contributed by atoms with Crippen LogP contribution in [-0.4, -0.2) is 19.6 Å². The fourth-order valence-corrected chi connectivity index (χ4v) is 4.53. The zero-order valence-electron chi connectivity index (χ0n) is 19.2. The van der Waals surface area contributed by atoms with Gasteiger partial charge in [-0.25, -0.2) is 0 Å². The van der Waals surface area contributed by atoms with E-state index in [0.717, 1.165) is 5.56 Å². The summed E-state index contributed by atoms with van der Waals surface area (Å²) >= 11 is 6.17. The number of aryl methyl sites for hydroxylation is 1. The summed E-state index contributed by atoms with van der Waals surface area (Å²) in [5, 5.41) is 0.726. The molecule has 1 atom stereocenters. The summed E-state index contributed by atoms with van der Waals surface area (Å²) in [7, 11) is 1.54. The highest BCUT2D eigenvalue weighted by molar-refractivity contribution is 6.31. The Balaban J connectivity index is 1.76. The van der Waals surface area contributed by atoms with Gasteiger partial charge in [0.15, 0.2) is 16.9 Å². The van der Waals surface area contributed by atoms with Gasteiger partial charge < -0.3 is 13.9 Å². The first-order valence-corrected chi connectivity index (χ1v) is 11.4. The maximum Gasteiger partial charge on any atom is 0.295 e. The van der Waals surface area contributed by atoms with Crippen molar-refractivity contribution in [2.24, 2.45) is 0 Å². The second kappa shape index (κ2) is 8.96. The van der Waals surface area contributed by atoms with Gasteiger partial charge in [-0.05, 0) is 55.0 Å². The van der Waals surface area contributed by atoms with Crippen LogP contribution in [0.15, 0.2) is 82.5 Å². The van der Waals surface area contributed by atoms with Crippen molar-refractivity contribution in [3.8, 4) is 11.5 Å². The first kappa shape index (κ1) is 22.7. The van der Waals surface area contributed by atoms with Crippen molar-refractivity contribution in [3.05, 3.63) is 111 Å². The van der Waals surface area contributed by atoms with Crippen LogP contribution in [0.2, 0.25) is 5.02 Å². The molecule has 35 heavy (non-hydrogen) atoms. The number of carbonyl (C=O) groups is 1. The molecule has 176 valence electrons. The number of ether oxygens (including phenoxy) is 2. The average molecular weight is 488 g/mol. The molecule has 5 rings (SSSR count). The third-order valence-electron chi connectivity index (χ3n) is 6.00. The van der Waals surface area contributed by atoms with Gasteiger partial charge >= 0.3 is 0 Å². The van der Waals surface area contributed by atoms with Crippen molar-refractivity contribution in [2.75, 3.05) is 18.6 Å². The third-order valence-corrected chi connectivity index (χ3v) is 6.24. The molecule has 0 fully saturated rings. The van der Waals surface area contributed by atoms with E-state index in [0.29, 0.717) is 45.3 Å². The summed E-state index contributed by atoms with van der Waals surface area (Å²) < 4.78 is 17.2. The topological polar surface area (TPSA) is 69.0 Å². The van der Waals surface area contributed by atoms with Crippen molar-refractivity contribution in [1.29, 1.82) is 0 Å². The first-order chi connectivity index (χ1) is 16.9. The van der Waals surface area contributed by atoms with Gasteiger partial charge in [0.1, 0.15) is 12.2 Å². The molecular formula is C28H22ClNO5. The molecule has 1 aliphatic rings. The minimum Gasteiger partial charge on any atom is -0.493 e. The molecule has 7 heteroatoms. The van der Waals surface area contributed by atoms with Gasteiger partial charge in [-0.2, -0.15) is 0 Å². The lowest BCUT2D eigenvalue weighted by Gasteiger charge is -2.26.